The quantitative estimate of drug-likeness (QED) is 0.865. The highest BCUT2D eigenvalue weighted by Gasteiger charge is 2.22. The summed E-state index contributed by atoms with van der Waals surface area (Å²) in [5.74, 6) is 1.09. The number of methoxy groups -OCH3 is 1. The van der Waals surface area contributed by atoms with E-state index in [1.165, 1.54) is 12.8 Å². The molecule has 1 aliphatic heterocycles. The van der Waals surface area contributed by atoms with Crippen LogP contribution >= 0.6 is 0 Å². The van der Waals surface area contributed by atoms with Gasteiger partial charge in [0.25, 0.3) is 0 Å². The van der Waals surface area contributed by atoms with Crippen LogP contribution in [-0.2, 0) is 4.74 Å². The van der Waals surface area contributed by atoms with Gasteiger partial charge in [-0.2, -0.15) is 0 Å². The smallest absolute Gasteiger partial charge is 0.151 e. The van der Waals surface area contributed by atoms with Gasteiger partial charge in [0.2, 0.25) is 0 Å². The molecule has 2 rings (SSSR count). The Morgan fingerprint density at radius 2 is 2.10 bits per heavy atom. The van der Waals surface area contributed by atoms with Gasteiger partial charge in [-0.1, -0.05) is 0 Å². The zero-order chi connectivity index (χ0) is 14.6. The zero-order valence-corrected chi connectivity index (χ0v) is 13.1. The Hall–Kier alpha value is -1.29. The molecule has 1 atom stereocenters. The monoisotopic (exact) mass is 277 g/mol. The van der Waals surface area contributed by atoms with Crippen LogP contribution in [0.3, 0.4) is 0 Å². The fourth-order valence-electron chi connectivity index (χ4n) is 2.83. The molecule has 1 saturated heterocycles. The van der Waals surface area contributed by atoms with Crippen molar-refractivity contribution in [1.29, 1.82) is 0 Å². The fraction of sp³-hybridized carbons (Fsp3) is 0.688. The first-order valence-electron chi connectivity index (χ1n) is 7.53. The summed E-state index contributed by atoms with van der Waals surface area (Å²) in [4.78, 5) is 6.93. The average molecular weight is 277 g/mol. The van der Waals surface area contributed by atoms with Crippen LogP contribution in [-0.4, -0.2) is 36.8 Å². The molecule has 0 bridgehead atoms. The Morgan fingerprint density at radius 1 is 1.40 bits per heavy atom. The van der Waals surface area contributed by atoms with E-state index < -0.39 is 0 Å². The molecular weight excluding hydrogens is 250 g/mol. The van der Waals surface area contributed by atoms with E-state index in [1.54, 1.807) is 7.11 Å². The fourth-order valence-corrected chi connectivity index (χ4v) is 2.83. The average Bonchev–Trinajstić information content (AvgIpc) is 2.92. The van der Waals surface area contributed by atoms with Gasteiger partial charge in [-0.05, 0) is 52.2 Å². The number of anilines is 2. The van der Waals surface area contributed by atoms with Gasteiger partial charge in [0.05, 0.1) is 11.3 Å². The Kier molecular flexibility index (Phi) is 4.86. The van der Waals surface area contributed by atoms with Crippen molar-refractivity contribution in [2.75, 3.05) is 30.4 Å². The molecule has 0 amide bonds. The molecular formula is C16H27N3O. The summed E-state index contributed by atoms with van der Waals surface area (Å²) < 4.78 is 5.51. The number of hydrogen-bond donors (Lipinski definition) is 1. The lowest BCUT2D eigenvalue weighted by molar-refractivity contribution is 0.0128. The SMILES string of the molecule is COC(C)(C)CC(C)Nc1cccnc1N1CCCC1. The Labute approximate surface area is 122 Å². The maximum absolute atomic E-state index is 5.51. The summed E-state index contributed by atoms with van der Waals surface area (Å²) in [6.45, 7) is 8.67. The molecule has 2 heterocycles. The van der Waals surface area contributed by atoms with Crippen molar-refractivity contribution in [3.05, 3.63) is 18.3 Å². The van der Waals surface area contributed by atoms with Gasteiger partial charge in [0.1, 0.15) is 0 Å². The molecule has 0 aromatic carbocycles. The molecule has 1 unspecified atom stereocenters. The maximum Gasteiger partial charge on any atom is 0.151 e. The van der Waals surface area contributed by atoms with Gasteiger partial charge >= 0.3 is 0 Å². The van der Waals surface area contributed by atoms with Crippen LogP contribution in [0.5, 0.6) is 0 Å². The molecule has 0 radical (unpaired) electrons. The van der Waals surface area contributed by atoms with Crippen LogP contribution in [0, 0.1) is 0 Å². The van der Waals surface area contributed by atoms with E-state index in [9.17, 15) is 0 Å². The first kappa shape index (κ1) is 15.1. The van der Waals surface area contributed by atoms with Crippen LogP contribution < -0.4 is 10.2 Å². The normalized spacial score (nSPS) is 17.3. The standard InChI is InChI=1S/C16H27N3O/c1-13(12-16(2,3)20-4)18-14-8-7-9-17-15(14)19-10-5-6-11-19/h7-9,13,18H,5-6,10-12H2,1-4H3. The molecule has 4 heteroatoms. The molecule has 1 N–H and O–H groups in total. The number of nitrogens with one attached hydrogen (secondary N) is 1. The highest BCUT2D eigenvalue weighted by molar-refractivity contribution is 5.66. The van der Waals surface area contributed by atoms with Gasteiger partial charge in [-0.15, -0.1) is 0 Å². The van der Waals surface area contributed by atoms with Gasteiger partial charge in [-0.3, -0.25) is 0 Å². The highest BCUT2D eigenvalue weighted by atomic mass is 16.5. The molecule has 112 valence electrons. The minimum atomic E-state index is -0.109. The lowest BCUT2D eigenvalue weighted by Gasteiger charge is -2.29. The number of aromatic nitrogens is 1. The van der Waals surface area contributed by atoms with Gasteiger partial charge < -0.3 is 15.0 Å². The second-order valence-electron chi connectivity index (χ2n) is 6.28. The van der Waals surface area contributed by atoms with Crippen LogP contribution in [0.15, 0.2) is 18.3 Å². The maximum atomic E-state index is 5.51. The number of ether oxygens (including phenoxy) is 1. The van der Waals surface area contributed by atoms with E-state index in [-0.39, 0.29) is 5.60 Å². The van der Waals surface area contributed by atoms with Crippen molar-refractivity contribution in [2.24, 2.45) is 0 Å². The van der Waals surface area contributed by atoms with Crippen molar-refractivity contribution in [3.63, 3.8) is 0 Å². The molecule has 20 heavy (non-hydrogen) atoms. The van der Waals surface area contributed by atoms with Crippen LogP contribution in [0.2, 0.25) is 0 Å². The van der Waals surface area contributed by atoms with Crippen LogP contribution in [0.25, 0.3) is 0 Å². The van der Waals surface area contributed by atoms with E-state index in [1.807, 2.05) is 12.3 Å². The molecule has 0 aliphatic carbocycles. The van der Waals surface area contributed by atoms with E-state index in [0.29, 0.717) is 6.04 Å². The van der Waals surface area contributed by atoms with Crippen molar-refractivity contribution in [3.8, 4) is 0 Å². The Morgan fingerprint density at radius 3 is 2.75 bits per heavy atom. The lowest BCUT2D eigenvalue weighted by atomic mass is 10.00. The summed E-state index contributed by atoms with van der Waals surface area (Å²) >= 11 is 0. The van der Waals surface area contributed by atoms with Gasteiger partial charge in [0.15, 0.2) is 5.82 Å². The zero-order valence-electron chi connectivity index (χ0n) is 13.1. The number of hydrogen-bond acceptors (Lipinski definition) is 4. The van der Waals surface area contributed by atoms with E-state index in [0.717, 1.165) is 31.0 Å². The highest BCUT2D eigenvalue weighted by Crippen LogP contribution is 2.28. The van der Waals surface area contributed by atoms with Crippen molar-refractivity contribution >= 4 is 11.5 Å². The van der Waals surface area contributed by atoms with Gasteiger partial charge in [-0.25, -0.2) is 4.98 Å². The van der Waals surface area contributed by atoms with E-state index in [4.69, 9.17) is 4.74 Å². The molecule has 0 spiro atoms. The van der Waals surface area contributed by atoms with E-state index >= 15 is 0 Å². The predicted molar refractivity (Wildman–Crippen MR) is 84.5 cm³/mol. The number of rotatable bonds is 6. The second kappa shape index (κ2) is 6.44. The summed E-state index contributed by atoms with van der Waals surface area (Å²) in [6.07, 6.45) is 5.37. The third-order valence-electron chi connectivity index (χ3n) is 3.94. The predicted octanol–water partition coefficient (Wildman–Crippen LogP) is 3.30. The third-order valence-corrected chi connectivity index (χ3v) is 3.94. The molecule has 1 aliphatic rings. The van der Waals surface area contributed by atoms with Gasteiger partial charge in [0, 0.05) is 32.4 Å². The molecule has 1 fully saturated rings. The minimum absolute atomic E-state index is 0.109. The Bertz CT molecular complexity index is 427. The first-order chi connectivity index (χ1) is 9.52. The van der Waals surface area contributed by atoms with Crippen molar-refractivity contribution in [2.45, 2.75) is 51.7 Å². The lowest BCUT2D eigenvalue weighted by Crippen LogP contribution is -2.32. The molecule has 4 nitrogen and oxygen atoms in total. The first-order valence-corrected chi connectivity index (χ1v) is 7.53. The minimum Gasteiger partial charge on any atom is -0.379 e. The topological polar surface area (TPSA) is 37.4 Å². The van der Waals surface area contributed by atoms with Crippen LogP contribution in [0.4, 0.5) is 11.5 Å². The summed E-state index contributed by atoms with van der Waals surface area (Å²) in [5.41, 5.74) is 1.02. The third kappa shape index (κ3) is 3.85. The summed E-state index contributed by atoms with van der Waals surface area (Å²) in [7, 11) is 1.77. The number of pyridine rings is 1. The van der Waals surface area contributed by atoms with Crippen molar-refractivity contribution < 1.29 is 4.74 Å². The second-order valence-corrected chi connectivity index (χ2v) is 6.28. The van der Waals surface area contributed by atoms with Crippen LogP contribution in [0.1, 0.15) is 40.0 Å². The largest absolute Gasteiger partial charge is 0.379 e. The Balaban J connectivity index is 2.05. The van der Waals surface area contributed by atoms with E-state index in [2.05, 4.69) is 42.0 Å². The molecule has 1 aromatic rings. The summed E-state index contributed by atoms with van der Waals surface area (Å²) in [5, 5.41) is 3.59. The summed E-state index contributed by atoms with van der Waals surface area (Å²) in [6, 6.07) is 4.46. The molecule has 0 saturated carbocycles. The van der Waals surface area contributed by atoms with Crippen molar-refractivity contribution in [1.82, 2.24) is 4.98 Å². The molecule has 1 aromatic heterocycles. The number of nitrogens with zero attached hydrogens (tertiary/aromatic N) is 2.